The Balaban J connectivity index is 1.61. The Hall–Kier alpha value is -2.00. The van der Waals surface area contributed by atoms with E-state index >= 15 is 0 Å². The number of hydrogen-bond donors (Lipinski definition) is 1. The van der Waals surface area contributed by atoms with Crippen molar-refractivity contribution in [1.82, 2.24) is 25.1 Å². The van der Waals surface area contributed by atoms with Crippen molar-refractivity contribution in [3.63, 3.8) is 0 Å². The van der Waals surface area contributed by atoms with E-state index in [1.807, 2.05) is 0 Å². The predicted molar refractivity (Wildman–Crippen MR) is 92.9 cm³/mol. The van der Waals surface area contributed by atoms with Crippen LogP contribution in [0.25, 0.3) is 0 Å². The van der Waals surface area contributed by atoms with Gasteiger partial charge in [0.1, 0.15) is 17.0 Å². The summed E-state index contributed by atoms with van der Waals surface area (Å²) < 4.78 is 2.26. The van der Waals surface area contributed by atoms with Crippen LogP contribution in [-0.2, 0) is 0 Å². The highest BCUT2D eigenvalue weighted by Gasteiger charge is 2.33. The molecule has 1 N–H and O–H groups in total. The van der Waals surface area contributed by atoms with Crippen LogP contribution in [-0.4, -0.2) is 37.8 Å². The second-order valence-electron chi connectivity index (χ2n) is 6.65. The first-order valence-corrected chi connectivity index (χ1v) is 9.39. The van der Waals surface area contributed by atoms with Gasteiger partial charge in [0, 0.05) is 24.1 Å². The van der Waals surface area contributed by atoms with Crippen LogP contribution in [0.5, 0.6) is 0 Å². The second kappa shape index (κ2) is 6.72. The van der Waals surface area contributed by atoms with Crippen LogP contribution in [0, 0.1) is 17.0 Å². The van der Waals surface area contributed by atoms with E-state index in [-0.39, 0.29) is 5.69 Å². The summed E-state index contributed by atoms with van der Waals surface area (Å²) in [6.07, 6.45) is 5.93. The zero-order chi connectivity index (χ0) is 17.4. The van der Waals surface area contributed by atoms with E-state index in [4.69, 9.17) is 0 Å². The van der Waals surface area contributed by atoms with Gasteiger partial charge in [-0.25, -0.2) is 4.98 Å². The molecule has 0 spiro atoms. The number of nitro groups is 1. The molecule has 1 saturated heterocycles. The zero-order valence-corrected chi connectivity index (χ0v) is 14.8. The van der Waals surface area contributed by atoms with Gasteiger partial charge in [-0.3, -0.25) is 10.1 Å². The molecule has 0 radical (unpaired) electrons. The average molecular weight is 360 g/mol. The molecule has 9 heteroatoms. The van der Waals surface area contributed by atoms with E-state index in [2.05, 4.69) is 25.1 Å². The van der Waals surface area contributed by atoms with Crippen LogP contribution in [0.3, 0.4) is 0 Å². The number of pyridine rings is 1. The van der Waals surface area contributed by atoms with E-state index in [1.165, 1.54) is 18.0 Å². The van der Waals surface area contributed by atoms with Crippen molar-refractivity contribution in [2.75, 3.05) is 13.1 Å². The van der Waals surface area contributed by atoms with Gasteiger partial charge in [-0.1, -0.05) is 0 Å². The molecule has 132 valence electrons. The van der Waals surface area contributed by atoms with Crippen LogP contribution in [0.15, 0.2) is 22.4 Å². The minimum Gasteiger partial charge on any atom is -0.316 e. The second-order valence-corrected chi connectivity index (χ2v) is 7.64. The Morgan fingerprint density at radius 2 is 2.20 bits per heavy atom. The van der Waals surface area contributed by atoms with Gasteiger partial charge in [0.2, 0.25) is 0 Å². The molecule has 3 heterocycles. The summed E-state index contributed by atoms with van der Waals surface area (Å²) in [7, 11) is 0. The Morgan fingerprint density at radius 1 is 1.36 bits per heavy atom. The van der Waals surface area contributed by atoms with Crippen LogP contribution < -0.4 is 5.32 Å². The fourth-order valence-corrected chi connectivity index (χ4v) is 4.20. The number of rotatable bonds is 5. The third kappa shape index (κ3) is 3.38. The normalized spacial score (nSPS) is 20.6. The third-order valence-electron chi connectivity index (χ3n) is 4.72. The summed E-state index contributed by atoms with van der Waals surface area (Å²) in [6, 6.07) is 2.23. The van der Waals surface area contributed by atoms with Crippen LogP contribution >= 0.6 is 11.8 Å². The van der Waals surface area contributed by atoms with Gasteiger partial charge in [0.05, 0.1) is 4.92 Å². The summed E-state index contributed by atoms with van der Waals surface area (Å²) in [5.41, 5.74) is 0.652. The molecule has 25 heavy (non-hydrogen) atoms. The van der Waals surface area contributed by atoms with E-state index in [0.29, 0.717) is 22.5 Å². The molecule has 0 amide bonds. The average Bonchev–Trinajstić information content (AvgIpc) is 3.36. The molecular formula is C16H20N6O2S. The van der Waals surface area contributed by atoms with E-state index in [1.54, 1.807) is 13.0 Å². The molecule has 2 aromatic heterocycles. The molecule has 1 aliphatic heterocycles. The lowest BCUT2D eigenvalue weighted by molar-refractivity contribution is -0.385. The summed E-state index contributed by atoms with van der Waals surface area (Å²) >= 11 is 1.44. The molecule has 1 atom stereocenters. The number of hydrogen-bond acceptors (Lipinski definition) is 7. The molecule has 8 nitrogen and oxygen atoms in total. The van der Waals surface area contributed by atoms with Gasteiger partial charge in [0.15, 0.2) is 5.16 Å². The first-order valence-electron chi connectivity index (χ1n) is 8.58. The smallest absolute Gasteiger partial charge is 0.290 e. The molecule has 4 rings (SSSR count). The zero-order valence-electron chi connectivity index (χ0n) is 14.0. The molecule has 1 unspecified atom stereocenters. The van der Waals surface area contributed by atoms with E-state index < -0.39 is 4.92 Å². The summed E-state index contributed by atoms with van der Waals surface area (Å²) in [5, 5.41) is 24.8. The Labute approximate surface area is 149 Å². The standard InChI is InChI=1S/C16H20N6O2S/c1-10-7-14(18-9-13(10)22(23)24)25-16-20-19-15(21(16)12-4-5-12)11-3-2-6-17-8-11/h7,9,11-12,17H,2-6,8H2,1H3. The molecular weight excluding hydrogens is 340 g/mol. The number of aromatic nitrogens is 4. The van der Waals surface area contributed by atoms with Crippen LogP contribution in [0.1, 0.15) is 49.0 Å². The first-order chi connectivity index (χ1) is 12.1. The molecule has 0 bridgehead atoms. The van der Waals surface area contributed by atoms with Crippen molar-refractivity contribution in [2.24, 2.45) is 0 Å². The van der Waals surface area contributed by atoms with Gasteiger partial charge in [0.25, 0.3) is 5.69 Å². The molecule has 1 saturated carbocycles. The van der Waals surface area contributed by atoms with Crippen molar-refractivity contribution in [3.05, 3.63) is 33.8 Å². The number of aryl methyl sites for hydroxylation is 1. The summed E-state index contributed by atoms with van der Waals surface area (Å²) in [4.78, 5) is 14.8. The van der Waals surface area contributed by atoms with Crippen molar-refractivity contribution < 1.29 is 4.92 Å². The first kappa shape index (κ1) is 16.5. The van der Waals surface area contributed by atoms with Crippen molar-refractivity contribution in [2.45, 2.75) is 54.7 Å². The van der Waals surface area contributed by atoms with Gasteiger partial charge in [-0.15, -0.1) is 10.2 Å². The lowest BCUT2D eigenvalue weighted by Gasteiger charge is -2.22. The van der Waals surface area contributed by atoms with Gasteiger partial charge >= 0.3 is 0 Å². The number of piperidine rings is 1. The minimum absolute atomic E-state index is 0.0435. The highest BCUT2D eigenvalue weighted by Crippen LogP contribution is 2.42. The number of nitrogens with one attached hydrogen (secondary N) is 1. The fraction of sp³-hybridized carbons (Fsp3) is 0.562. The Morgan fingerprint density at radius 3 is 2.84 bits per heavy atom. The van der Waals surface area contributed by atoms with Crippen LogP contribution in [0.2, 0.25) is 0 Å². The SMILES string of the molecule is Cc1cc(Sc2nnc(C3CCCNC3)n2C2CC2)ncc1[N+](=O)[O-]. The molecule has 2 aromatic rings. The summed E-state index contributed by atoms with van der Waals surface area (Å²) in [6.45, 7) is 3.75. The highest BCUT2D eigenvalue weighted by molar-refractivity contribution is 7.99. The lowest BCUT2D eigenvalue weighted by Crippen LogP contribution is -2.30. The Bertz CT molecular complexity index is 798. The van der Waals surface area contributed by atoms with E-state index in [9.17, 15) is 10.1 Å². The van der Waals surface area contributed by atoms with Crippen molar-refractivity contribution >= 4 is 17.4 Å². The lowest BCUT2D eigenvalue weighted by atomic mass is 9.99. The van der Waals surface area contributed by atoms with Crippen molar-refractivity contribution in [3.8, 4) is 0 Å². The molecule has 0 aromatic carbocycles. The summed E-state index contributed by atoms with van der Waals surface area (Å²) in [5.74, 6) is 1.47. The predicted octanol–water partition coefficient (Wildman–Crippen LogP) is 2.84. The third-order valence-corrected chi connectivity index (χ3v) is 5.61. The van der Waals surface area contributed by atoms with Gasteiger partial charge in [-0.05, 0) is 57.0 Å². The largest absolute Gasteiger partial charge is 0.316 e. The van der Waals surface area contributed by atoms with Crippen LogP contribution in [0.4, 0.5) is 5.69 Å². The number of nitrogens with zero attached hydrogens (tertiary/aromatic N) is 5. The molecule has 2 fully saturated rings. The quantitative estimate of drug-likeness (QED) is 0.646. The Kier molecular flexibility index (Phi) is 4.43. The maximum Gasteiger partial charge on any atom is 0.290 e. The van der Waals surface area contributed by atoms with Gasteiger partial charge in [-0.2, -0.15) is 0 Å². The molecule has 2 aliphatic rings. The van der Waals surface area contributed by atoms with Gasteiger partial charge < -0.3 is 9.88 Å². The highest BCUT2D eigenvalue weighted by atomic mass is 32.2. The maximum atomic E-state index is 10.9. The monoisotopic (exact) mass is 360 g/mol. The topological polar surface area (TPSA) is 98.8 Å². The molecule has 1 aliphatic carbocycles. The van der Waals surface area contributed by atoms with Crippen molar-refractivity contribution in [1.29, 1.82) is 0 Å². The minimum atomic E-state index is -0.405. The fourth-order valence-electron chi connectivity index (χ4n) is 3.25. The maximum absolute atomic E-state index is 10.9. The van der Waals surface area contributed by atoms with E-state index in [0.717, 1.165) is 49.8 Å².